The van der Waals surface area contributed by atoms with Crippen molar-refractivity contribution in [3.05, 3.63) is 35.4 Å². The van der Waals surface area contributed by atoms with E-state index in [-0.39, 0.29) is 17.5 Å². The normalized spacial score (nSPS) is 16.7. The molecule has 1 fully saturated rings. The maximum atomic E-state index is 12.1. The van der Waals surface area contributed by atoms with Crippen molar-refractivity contribution < 1.29 is 14.7 Å². The molecule has 0 spiro atoms. The van der Waals surface area contributed by atoms with E-state index in [1.165, 1.54) is 32.1 Å². The molecule has 0 saturated heterocycles. The zero-order chi connectivity index (χ0) is 16.7. The standard InChI is InChI=1S/C19H27NO3/c1-14(13-15-7-3-2-4-8-15)20-18(21)12-11-16-9-5-6-10-17(16)19(22)23/h5-6,9-10,14-15H,2-4,7-8,11-13H2,1H3,(H,20,21)(H,22,23)/t14-/m1/s1. The van der Waals surface area contributed by atoms with Gasteiger partial charge in [-0.2, -0.15) is 0 Å². The van der Waals surface area contributed by atoms with Crippen LogP contribution in [-0.4, -0.2) is 23.0 Å². The molecular weight excluding hydrogens is 290 g/mol. The fourth-order valence-electron chi connectivity index (χ4n) is 3.52. The average Bonchev–Trinajstić information content (AvgIpc) is 2.54. The number of carbonyl (C=O) groups excluding carboxylic acids is 1. The summed E-state index contributed by atoms with van der Waals surface area (Å²) in [5.74, 6) is -0.188. The largest absolute Gasteiger partial charge is 0.478 e. The number of rotatable bonds is 7. The van der Waals surface area contributed by atoms with Crippen molar-refractivity contribution in [1.82, 2.24) is 5.32 Å². The third-order valence-corrected chi connectivity index (χ3v) is 4.69. The number of hydrogen-bond acceptors (Lipinski definition) is 2. The van der Waals surface area contributed by atoms with Gasteiger partial charge in [-0.1, -0.05) is 50.3 Å². The van der Waals surface area contributed by atoms with Gasteiger partial charge in [0.15, 0.2) is 0 Å². The summed E-state index contributed by atoms with van der Waals surface area (Å²) in [4.78, 5) is 23.3. The highest BCUT2D eigenvalue weighted by Gasteiger charge is 2.18. The van der Waals surface area contributed by atoms with Crippen LogP contribution in [0.2, 0.25) is 0 Å². The molecule has 4 nitrogen and oxygen atoms in total. The molecule has 2 rings (SSSR count). The Bertz CT molecular complexity index is 535. The maximum Gasteiger partial charge on any atom is 0.335 e. The summed E-state index contributed by atoms with van der Waals surface area (Å²) >= 11 is 0. The van der Waals surface area contributed by atoms with Crippen molar-refractivity contribution in [1.29, 1.82) is 0 Å². The predicted octanol–water partition coefficient (Wildman–Crippen LogP) is 3.79. The lowest BCUT2D eigenvalue weighted by atomic mass is 9.85. The quantitative estimate of drug-likeness (QED) is 0.804. The number of carboxylic acids is 1. The molecule has 1 amide bonds. The Morgan fingerprint density at radius 1 is 1.22 bits per heavy atom. The highest BCUT2D eigenvalue weighted by Crippen LogP contribution is 2.27. The molecule has 0 aromatic heterocycles. The highest BCUT2D eigenvalue weighted by atomic mass is 16.4. The summed E-state index contributed by atoms with van der Waals surface area (Å²) < 4.78 is 0. The first-order valence-electron chi connectivity index (χ1n) is 8.67. The van der Waals surface area contributed by atoms with Crippen molar-refractivity contribution in [3.8, 4) is 0 Å². The van der Waals surface area contributed by atoms with Crippen molar-refractivity contribution in [3.63, 3.8) is 0 Å². The number of hydrogen-bond donors (Lipinski definition) is 2. The van der Waals surface area contributed by atoms with E-state index in [9.17, 15) is 9.59 Å². The van der Waals surface area contributed by atoms with Crippen LogP contribution in [0, 0.1) is 5.92 Å². The Hall–Kier alpha value is -1.84. The average molecular weight is 317 g/mol. The minimum Gasteiger partial charge on any atom is -0.478 e. The number of benzene rings is 1. The number of amides is 1. The van der Waals surface area contributed by atoms with Gasteiger partial charge in [0.25, 0.3) is 0 Å². The zero-order valence-corrected chi connectivity index (χ0v) is 13.9. The third-order valence-electron chi connectivity index (χ3n) is 4.69. The lowest BCUT2D eigenvalue weighted by Gasteiger charge is -2.25. The summed E-state index contributed by atoms with van der Waals surface area (Å²) in [6.07, 6.45) is 8.40. The Balaban J connectivity index is 1.77. The van der Waals surface area contributed by atoms with Gasteiger partial charge in [0.1, 0.15) is 0 Å². The van der Waals surface area contributed by atoms with Crippen molar-refractivity contribution in [2.75, 3.05) is 0 Å². The minimum absolute atomic E-state index is 0.00787. The Morgan fingerprint density at radius 3 is 2.61 bits per heavy atom. The van der Waals surface area contributed by atoms with Crippen LogP contribution in [0.3, 0.4) is 0 Å². The van der Waals surface area contributed by atoms with E-state index in [4.69, 9.17) is 5.11 Å². The molecule has 1 atom stereocenters. The topological polar surface area (TPSA) is 66.4 Å². The van der Waals surface area contributed by atoms with Gasteiger partial charge >= 0.3 is 5.97 Å². The summed E-state index contributed by atoms with van der Waals surface area (Å²) in [6, 6.07) is 7.08. The SMILES string of the molecule is C[C@H](CC1CCCCC1)NC(=O)CCc1ccccc1C(=O)O. The molecule has 126 valence electrons. The molecule has 23 heavy (non-hydrogen) atoms. The van der Waals surface area contributed by atoms with Crippen LogP contribution in [0.5, 0.6) is 0 Å². The number of nitrogens with one attached hydrogen (secondary N) is 1. The lowest BCUT2D eigenvalue weighted by Crippen LogP contribution is -2.34. The first-order chi connectivity index (χ1) is 11.1. The molecule has 1 aromatic carbocycles. The lowest BCUT2D eigenvalue weighted by molar-refractivity contribution is -0.121. The van der Waals surface area contributed by atoms with Gasteiger partial charge < -0.3 is 10.4 Å². The first-order valence-corrected chi connectivity index (χ1v) is 8.67. The fraction of sp³-hybridized carbons (Fsp3) is 0.579. The number of carbonyl (C=O) groups is 2. The molecule has 1 saturated carbocycles. The van der Waals surface area contributed by atoms with Crippen LogP contribution >= 0.6 is 0 Å². The van der Waals surface area contributed by atoms with Gasteiger partial charge in [0, 0.05) is 12.5 Å². The molecule has 1 aliphatic rings. The van der Waals surface area contributed by atoms with E-state index in [1.54, 1.807) is 18.2 Å². The summed E-state index contributed by atoms with van der Waals surface area (Å²) in [5, 5.41) is 12.2. The monoisotopic (exact) mass is 317 g/mol. The summed E-state index contributed by atoms with van der Waals surface area (Å²) in [5.41, 5.74) is 1.01. The molecular formula is C19H27NO3. The molecule has 0 bridgehead atoms. The zero-order valence-electron chi connectivity index (χ0n) is 13.9. The smallest absolute Gasteiger partial charge is 0.335 e. The molecule has 1 aromatic rings. The molecule has 1 aliphatic carbocycles. The predicted molar refractivity (Wildman–Crippen MR) is 90.5 cm³/mol. The second kappa shape index (κ2) is 8.70. The Morgan fingerprint density at radius 2 is 1.91 bits per heavy atom. The molecule has 4 heteroatoms. The molecule has 0 heterocycles. The van der Waals surface area contributed by atoms with E-state index in [1.807, 2.05) is 6.07 Å². The maximum absolute atomic E-state index is 12.1. The Kier molecular flexibility index (Phi) is 6.63. The van der Waals surface area contributed by atoms with E-state index >= 15 is 0 Å². The van der Waals surface area contributed by atoms with E-state index in [0.717, 1.165) is 17.9 Å². The van der Waals surface area contributed by atoms with Gasteiger partial charge in [-0.25, -0.2) is 4.79 Å². The van der Waals surface area contributed by atoms with E-state index < -0.39 is 5.97 Å². The summed E-state index contributed by atoms with van der Waals surface area (Å²) in [7, 11) is 0. The summed E-state index contributed by atoms with van der Waals surface area (Å²) in [6.45, 7) is 2.07. The fourth-order valence-corrected chi connectivity index (χ4v) is 3.52. The molecule has 0 unspecified atom stereocenters. The van der Waals surface area contributed by atoms with Gasteiger partial charge in [-0.05, 0) is 37.3 Å². The number of carboxylic acid groups (broad SMARTS) is 1. The van der Waals surface area contributed by atoms with Crippen LogP contribution in [0.4, 0.5) is 0 Å². The van der Waals surface area contributed by atoms with Gasteiger partial charge in [-0.15, -0.1) is 0 Å². The highest BCUT2D eigenvalue weighted by molar-refractivity contribution is 5.89. The van der Waals surface area contributed by atoms with Gasteiger partial charge in [0.05, 0.1) is 5.56 Å². The molecule has 0 radical (unpaired) electrons. The first kappa shape index (κ1) is 17.5. The van der Waals surface area contributed by atoms with Crippen LogP contribution < -0.4 is 5.32 Å². The number of aryl methyl sites for hydroxylation is 1. The van der Waals surface area contributed by atoms with E-state index in [0.29, 0.717) is 12.8 Å². The van der Waals surface area contributed by atoms with Crippen molar-refractivity contribution >= 4 is 11.9 Å². The van der Waals surface area contributed by atoms with Crippen molar-refractivity contribution in [2.45, 2.75) is 64.3 Å². The molecule has 2 N–H and O–H groups in total. The third kappa shape index (κ3) is 5.70. The van der Waals surface area contributed by atoms with Gasteiger partial charge in [0.2, 0.25) is 5.91 Å². The van der Waals surface area contributed by atoms with Crippen molar-refractivity contribution in [2.24, 2.45) is 5.92 Å². The van der Waals surface area contributed by atoms with Crippen LogP contribution in [0.1, 0.15) is 67.8 Å². The second-order valence-electron chi connectivity index (χ2n) is 6.67. The van der Waals surface area contributed by atoms with E-state index in [2.05, 4.69) is 12.2 Å². The molecule has 0 aliphatic heterocycles. The second-order valence-corrected chi connectivity index (χ2v) is 6.67. The number of aromatic carboxylic acids is 1. The minimum atomic E-state index is -0.938. The van der Waals surface area contributed by atoms with Gasteiger partial charge in [-0.3, -0.25) is 4.79 Å². The van der Waals surface area contributed by atoms with Crippen LogP contribution in [-0.2, 0) is 11.2 Å². The Labute approximate surface area is 138 Å². The van der Waals surface area contributed by atoms with Crippen LogP contribution in [0.25, 0.3) is 0 Å². The van der Waals surface area contributed by atoms with Crippen LogP contribution in [0.15, 0.2) is 24.3 Å².